The molecule has 1 nitrogen and oxygen atoms in total. The Morgan fingerprint density at radius 2 is 1.72 bits per heavy atom. The molecule has 0 amide bonds. The third-order valence-electron chi connectivity index (χ3n) is 3.74. The van der Waals surface area contributed by atoms with Gasteiger partial charge in [0.15, 0.2) is 0 Å². The van der Waals surface area contributed by atoms with E-state index in [1.165, 1.54) is 36.1 Å². The van der Waals surface area contributed by atoms with Crippen LogP contribution in [-0.4, -0.2) is 24.1 Å². The summed E-state index contributed by atoms with van der Waals surface area (Å²) in [5.41, 5.74) is 1.45. The Morgan fingerprint density at radius 3 is 2.22 bits per heavy atom. The van der Waals surface area contributed by atoms with Crippen molar-refractivity contribution in [1.29, 1.82) is 0 Å². The average Bonchev–Trinajstić information content (AvgIpc) is 2.39. The number of benzene rings is 1. The lowest BCUT2D eigenvalue weighted by molar-refractivity contribution is -0.937. The predicted molar refractivity (Wildman–Crippen MR) is 75.8 cm³/mol. The van der Waals surface area contributed by atoms with Gasteiger partial charge in [-0.3, -0.25) is 0 Å². The predicted octanol–water partition coefficient (Wildman–Crippen LogP) is 1.01. The number of allylic oxidation sites excluding steroid dienone is 1. The van der Waals surface area contributed by atoms with Crippen LogP contribution in [0.15, 0.2) is 43.0 Å². The standard InChI is InChI=1S/C16H26N.ClH/c1-4-7-11-14-17(5-2,6-3)15-16-12-9-8-10-13-16;/h4,8-10,12-13H,1,5-7,11,14-15H2,2-3H3;1H/q+1;/p-1. The molecule has 0 saturated heterocycles. The fraction of sp³-hybridized carbons (Fsp3) is 0.500. The summed E-state index contributed by atoms with van der Waals surface area (Å²) in [5.74, 6) is 0. The van der Waals surface area contributed by atoms with Gasteiger partial charge in [0.05, 0.1) is 19.6 Å². The summed E-state index contributed by atoms with van der Waals surface area (Å²) in [6.45, 7) is 13.3. The van der Waals surface area contributed by atoms with Gasteiger partial charge in [-0.15, -0.1) is 6.58 Å². The van der Waals surface area contributed by atoms with Crippen LogP contribution in [0.5, 0.6) is 0 Å². The highest BCUT2D eigenvalue weighted by molar-refractivity contribution is 5.13. The van der Waals surface area contributed by atoms with Crippen LogP contribution in [0.3, 0.4) is 0 Å². The summed E-state index contributed by atoms with van der Waals surface area (Å²) in [4.78, 5) is 0. The molecule has 102 valence electrons. The SMILES string of the molecule is C=CCCC[N+](CC)(CC)Cc1ccccc1.[Cl-]. The van der Waals surface area contributed by atoms with Crippen molar-refractivity contribution < 1.29 is 16.9 Å². The maximum atomic E-state index is 3.81. The molecule has 1 rings (SSSR count). The number of hydrogen-bond acceptors (Lipinski definition) is 0. The lowest BCUT2D eigenvalue weighted by atomic mass is 10.1. The van der Waals surface area contributed by atoms with Crippen molar-refractivity contribution in [2.45, 2.75) is 33.2 Å². The first-order valence-corrected chi connectivity index (χ1v) is 6.76. The Morgan fingerprint density at radius 1 is 1.11 bits per heavy atom. The molecule has 0 unspecified atom stereocenters. The van der Waals surface area contributed by atoms with Crippen molar-refractivity contribution in [3.05, 3.63) is 48.6 Å². The molecule has 0 saturated carbocycles. The van der Waals surface area contributed by atoms with Gasteiger partial charge in [-0.05, 0) is 20.3 Å². The number of rotatable bonds is 8. The van der Waals surface area contributed by atoms with Crippen LogP contribution in [0.1, 0.15) is 32.3 Å². The van der Waals surface area contributed by atoms with Gasteiger partial charge in [0.1, 0.15) is 6.54 Å². The van der Waals surface area contributed by atoms with Gasteiger partial charge in [-0.25, -0.2) is 0 Å². The minimum atomic E-state index is 0. The van der Waals surface area contributed by atoms with E-state index in [2.05, 4.69) is 50.8 Å². The summed E-state index contributed by atoms with van der Waals surface area (Å²) in [6.07, 6.45) is 4.41. The van der Waals surface area contributed by atoms with Crippen LogP contribution in [0, 0.1) is 0 Å². The quantitative estimate of drug-likeness (QED) is 0.375. The average molecular weight is 268 g/mol. The second kappa shape index (κ2) is 9.18. The molecule has 0 radical (unpaired) electrons. The van der Waals surface area contributed by atoms with Gasteiger partial charge < -0.3 is 16.9 Å². The lowest BCUT2D eigenvalue weighted by Crippen LogP contribution is -3.00. The molecule has 0 aliphatic rings. The molecule has 2 heteroatoms. The van der Waals surface area contributed by atoms with Crippen molar-refractivity contribution in [2.24, 2.45) is 0 Å². The third kappa shape index (κ3) is 5.24. The highest BCUT2D eigenvalue weighted by atomic mass is 35.5. The van der Waals surface area contributed by atoms with Crippen LogP contribution in [0.4, 0.5) is 0 Å². The van der Waals surface area contributed by atoms with E-state index in [1.807, 2.05) is 6.08 Å². The van der Waals surface area contributed by atoms with Crippen LogP contribution in [0.2, 0.25) is 0 Å². The Hall–Kier alpha value is -0.790. The van der Waals surface area contributed by atoms with Gasteiger partial charge in [0.25, 0.3) is 0 Å². The highest BCUT2D eigenvalue weighted by Crippen LogP contribution is 2.16. The largest absolute Gasteiger partial charge is 1.00 e. The maximum absolute atomic E-state index is 3.81. The Bertz CT molecular complexity index is 317. The van der Waals surface area contributed by atoms with E-state index in [0.29, 0.717) is 0 Å². The topological polar surface area (TPSA) is 0 Å². The first-order chi connectivity index (χ1) is 8.26. The molecule has 0 aliphatic carbocycles. The van der Waals surface area contributed by atoms with Crippen molar-refractivity contribution in [1.82, 2.24) is 0 Å². The minimum Gasteiger partial charge on any atom is -1.00 e. The first-order valence-electron chi connectivity index (χ1n) is 6.76. The molecule has 0 aliphatic heterocycles. The van der Waals surface area contributed by atoms with Crippen molar-refractivity contribution in [3.63, 3.8) is 0 Å². The van der Waals surface area contributed by atoms with Crippen molar-refractivity contribution in [2.75, 3.05) is 19.6 Å². The van der Waals surface area contributed by atoms with E-state index in [1.54, 1.807) is 0 Å². The van der Waals surface area contributed by atoms with Gasteiger partial charge in [0.2, 0.25) is 0 Å². The Kier molecular flexibility index (Phi) is 8.78. The van der Waals surface area contributed by atoms with E-state index < -0.39 is 0 Å². The van der Waals surface area contributed by atoms with Gasteiger partial charge in [-0.2, -0.15) is 0 Å². The maximum Gasteiger partial charge on any atom is 0.104 e. The van der Waals surface area contributed by atoms with Crippen LogP contribution in [-0.2, 0) is 6.54 Å². The zero-order chi connectivity index (χ0) is 12.6. The second-order valence-corrected chi connectivity index (χ2v) is 4.77. The summed E-state index contributed by atoms with van der Waals surface area (Å²) in [5, 5.41) is 0. The molecular weight excluding hydrogens is 242 g/mol. The molecule has 0 aromatic heterocycles. The number of halogens is 1. The smallest absolute Gasteiger partial charge is 0.104 e. The van der Waals surface area contributed by atoms with E-state index in [-0.39, 0.29) is 12.4 Å². The van der Waals surface area contributed by atoms with Crippen molar-refractivity contribution >= 4 is 0 Å². The first kappa shape index (κ1) is 17.2. The lowest BCUT2D eigenvalue weighted by Gasteiger charge is -2.37. The van der Waals surface area contributed by atoms with E-state index in [9.17, 15) is 0 Å². The monoisotopic (exact) mass is 267 g/mol. The molecule has 0 bridgehead atoms. The molecule has 0 N–H and O–H groups in total. The van der Waals surface area contributed by atoms with Gasteiger partial charge in [-0.1, -0.05) is 36.4 Å². The molecule has 1 aromatic carbocycles. The fourth-order valence-corrected chi connectivity index (χ4v) is 2.38. The molecular formula is C16H26ClN. The zero-order valence-corrected chi connectivity index (χ0v) is 12.5. The number of hydrogen-bond donors (Lipinski definition) is 0. The Balaban J connectivity index is 0.00000289. The zero-order valence-electron chi connectivity index (χ0n) is 11.7. The normalized spacial score (nSPS) is 10.8. The van der Waals surface area contributed by atoms with E-state index in [0.717, 1.165) is 13.0 Å². The molecule has 0 spiro atoms. The number of unbranched alkanes of at least 4 members (excludes halogenated alkanes) is 1. The molecule has 0 atom stereocenters. The third-order valence-corrected chi connectivity index (χ3v) is 3.74. The number of quaternary nitrogens is 1. The number of nitrogens with zero attached hydrogens (tertiary/aromatic N) is 1. The van der Waals surface area contributed by atoms with Gasteiger partial charge >= 0.3 is 0 Å². The highest BCUT2D eigenvalue weighted by Gasteiger charge is 2.22. The summed E-state index contributed by atoms with van der Waals surface area (Å²) in [6, 6.07) is 10.9. The van der Waals surface area contributed by atoms with Crippen LogP contribution in [0.25, 0.3) is 0 Å². The van der Waals surface area contributed by atoms with Crippen LogP contribution >= 0.6 is 0 Å². The minimum absolute atomic E-state index is 0. The van der Waals surface area contributed by atoms with E-state index >= 15 is 0 Å². The van der Waals surface area contributed by atoms with Crippen LogP contribution < -0.4 is 12.4 Å². The summed E-state index contributed by atoms with van der Waals surface area (Å²) >= 11 is 0. The Labute approximate surface area is 119 Å². The molecule has 0 heterocycles. The van der Waals surface area contributed by atoms with Gasteiger partial charge in [0, 0.05) is 12.0 Å². The van der Waals surface area contributed by atoms with Crippen molar-refractivity contribution in [3.8, 4) is 0 Å². The van der Waals surface area contributed by atoms with E-state index in [4.69, 9.17) is 0 Å². The summed E-state index contributed by atoms with van der Waals surface area (Å²) < 4.78 is 1.19. The molecule has 18 heavy (non-hydrogen) atoms. The molecule has 1 aromatic rings. The molecule has 0 fully saturated rings. The summed E-state index contributed by atoms with van der Waals surface area (Å²) in [7, 11) is 0. The fourth-order valence-electron chi connectivity index (χ4n) is 2.38. The second-order valence-electron chi connectivity index (χ2n) is 4.77.